The normalized spacial score (nSPS) is 40.1. The number of fused-ring (bicyclic) bond motifs is 1. The number of rotatable bonds is 4. The smallest absolute Gasteiger partial charge is 0.253 e. The van der Waals surface area contributed by atoms with Crippen LogP contribution in [0.5, 0.6) is 0 Å². The lowest BCUT2D eigenvalue weighted by Crippen LogP contribution is -2.64. The number of piperidine rings is 1. The van der Waals surface area contributed by atoms with Gasteiger partial charge in [-0.05, 0) is 25.2 Å². The lowest BCUT2D eigenvalue weighted by Gasteiger charge is -2.43. The minimum atomic E-state index is -2.24. The minimum Gasteiger partial charge on any atom is -0.295 e. The average Bonchev–Trinajstić information content (AvgIpc) is 3.10. The molecule has 6 atom stereocenters. The first kappa shape index (κ1) is 19.9. The molecule has 0 aromatic carbocycles. The molecule has 0 bridgehead atoms. The highest BCUT2D eigenvalue weighted by Gasteiger charge is 2.45. The first-order chi connectivity index (χ1) is 13.6. The van der Waals surface area contributed by atoms with Crippen molar-refractivity contribution in [2.45, 2.75) is 56.7 Å². The second-order valence-corrected chi connectivity index (χ2v) is 8.45. The molecule has 3 aliphatic heterocycles. The van der Waals surface area contributed by atoms with Crippen molar-refractivity contribution in [3.8, 4) is 6.07 Å². The Morgan fingerprint density at radius 1 is 1.21 bits per heavy atom. The number of hydrogen-bond acceptors (Lipinski definition) is 7. The number of halogens is 2. The molecule has 4 fully saturated rings. The summed E-state index contributed by atoms with van der Waals surface area (Å²) in [6.07, 6.45) is 2.05. The zero-order chi connectivity index (χ0) is 19.7. The molecule has 0 aromatic heterocycles. The van der Waals surface area contributed by atoms with E-state index < -0.39 is 18.3 Å². The molecule has 1 amide bonds. The van der Waals surface area contributed by atoms with E-state index in [1.165, 1.54) is 0 Å². The predicted octanol–water partition coefficient (Wildman–Crippen LogP) is -0.0316. The Morgan fingerprint density at radius 3 is 2.82 bits per heavy atom. The summed E-state index contributed by atoms with van der Waals surface area (Å²) >= 11 is 0. The van der Waals surface area contributed by atoms with Crippen LogP contribution in [0.25, 0.3) is 0 Å². The van der Waals surface area contributed by atoms with Crippen molar-refractivity contribution >= 4 is 5.91 Å². The maximum Gasteiger partial charge on any atom is 0.253 e. The molecule has 4 aliphatic rings. The molecule has 3 saturated heterocycles. The van der Waals surface area contributed by atoms with Gasteiger partial charge in [-0.2, -0.15) is 10.8 Å². The van der Waals surface area contributed by atoms with E-state index in [9.17, 15) is 18.8 Å². The molecular formula is C18H29F2N7O. The summed E-state index contributed by atoms with van der Waals surface area (Å²) < 4.78 is 26.8. The lowest BCUT2D eigenvalue weighted by atomic mass is 9.79. The number of nitrogens with one attached hydrogen (secondary N) is 4. The highest BCUT2D eigenvalue weighted by molar-refractivity contribution is 5.82. The number of carbonyl (C=O) groups excluding carboxylic acids is 1. The molecular weight excluding hydrogens is 368 g/mol. The van der Waals surface area contributed by atoms with Crippen molar-refractivity contribution in [1.29, 1.82) is 5.26 Å². The maximum atomic E-state index is 13.4. The van der Waals surface area contributed by atoms with E-state index in [2.05, 4.69) is 37.8 Å². The van der Waals surface area contributed by atoms with Gasteiger partial charge in [-0.25, -0.2) is 24.6 Å². The predicted molar refractivity (Wildman–Crippen MR) is 97.2 cm³/mol. The Morgan fingerprint density at radius 2 is 2.04 bits per heavy atom. The van der Waals surface area contributed by atoms with Gasteiger partial charge < -0.3 is 0 Å². The van der Waals surface area contributed by atoms with E-state index in [1.807, 2.05) is 0 Å². The van der Waals surface area contributed by atoms with Gasteiger partial charge in [0.1, 0.15) is 5.92 Å². The largest absolute Gasteiger partial charge is 0.295 e. The fourth-order valence-electron chi connectivity index (χ4n) is 5.36. The van der Waals surface area contributed by atoms with E-state index >= 15 is 0 Å². The summed E-state index contributed by atoms with van der Waals surface area (Å²) in [5, 5.41) is 11.5. The first-order valence-electron chi connectivity index (χ1n) is 10.3. The van der Waals surface area contributed by atoms with Gasteiger partial charge in [0.15, 0.2) is 0 Å². The molecule has 28 heavy (non-hydrogen) atoms. The van der Waals surface area contributed by atoms with Gasteiger partial charge in [-0.15, -0.1) is 0 Å². The summed E-state index contributed by atoms with van der Waals surface area (Å²) in [5.74, 6) is -1.44. The third-order valence-corrected chi connectivity index (χ3v) is 6.92. The minimum absolute atomic E-state index is 0.0223. The second-order valence-electron chi connectivity index (χ2n) is 8.45. The number of carbonyl (C=O) groups is 1. The number of alkyl halides is 2. The molecule has 10 heteroatoms. The number of amides is 1. The van der Waals surface area contributed by atoms with Crippen LogP contribution in [0.3, 0.4) is 0 Å². The van der Waals surface area contributed by atoms with Crippen LogP contribution < -0.4 is 21.8 Å². The number of nitrogens with zero attached hydrogens (tertiary/aromatic N) is 3. The van der Waals surface area contributed by atoms with E-state index in [4.69, 9.17) is 0 Å². The topological polar surface area (TPSA) is 95.5 Å². The molecule has 1 aliphatic carbocycles. The fraction of sp³-hybridized carbons (Fsp3) is 0.889. The molecule has 8 nitrogen and oxygen atoms in total. The quantitative estimate of drug-likeness (QED) is 0.529. The highest BCUT2D eigenvalue weighted by atomic mass is 19.3. The van der Waals surface area contributed by atoms with Crippen molar-refractivity contribution in [2.24, 2.45) is 17.8 Å². The van der Waals surface area contributed by atoms with Gasteiger partial charge in [-0.1, -0.05) is 12.8 Å². The van der Waals surface area contributed by atoms with Gasteiger partial charge in [0, 0.05) is 44.2 Å². The zero-order valence-corrected chi connectivity index (χ0v) is 15.9. The van der Waals surface area contributed by atoms with Crippen molar-refractivity contribution in [3.63, 3.8) is 0 Å². The Labute approximate surface area is 163 Å². The van der Waals surface area contributed by atoms with E-state index in [-0.39, 0.29) is 30.0 Å². The van der Waals surface area contributed by atoms with Gasteiger partial charge in [0.25, 0.3) is 5.91 Å². The molecule has 4 N–H and O–H groups in total. The summed E-state index contributed by atoms with van der Waals surface area (Å²) in [5.41, 5.74) is 11.9. The average molecular weight is 397 g/mol. The molecule has 6 unspecified atom stereocenters. The van der Waals surface area contributed by atoms with Crippen LogP contribution >= 0.6 is 0 Å². The Bertz CT molecular complexity index is 615. The monoisotopic (exact) mass is 397 g/mol. The number of hydrogen-bond donors (Lipinski definition) is 4. The molecule has 4 rings (SSSR count). The standard InChI is InChI=1S/C18H29F2N7O/c19-17(20)12-4-2-1-3-11(12)9-27-15-5-6-26(10-14(15)23-25-27)16-8-22-24-18(28)13(16)7-21/h11-17,22-23,25H,1-6,8-10H2,(H,24,28). The zero-order valence-electron chi connectivity index (χ0n) is 15.9. The highest BCUT2D eigenvalue weighted by Crippen LogP contribution is 2.36. The lowest BCUT2D eigenvalue weighted by molar-refractivity contribution is -0.129. The first-order valence-corrected chi connectivity index (χ1v) is 10.3. The SMILES string of the molecule is N#CC1C(=O)NNCC1N1CCC2C(C1)NNN2CC1CCCCC1C(F)F. The molecule has 1 saturated carbocycles. The molecule has 0 spiro atoms. The summed E-state index contributed by atoms with van der Waals surface area (Å²) in [6, 6.07) is 2.36. The van der Waals surface area contributed by atoms with E-state index in [0.29, 0.717) is 19.5 Å². The van der Waals surface area contributed by atoms with Gasteiger partial charge in [-0.3, -0.25) is 15.1 Å². The summed E-state index contributed by atoms with van der Waals surface area (Å²) in [4.78, 5) is 14.1. The van der Waals surface area contributed by atoms with E-state index in [0.717, 1.165) is 38.8 Å². The third kappa shape index (κ3) is 3.86. The van der Waals surface area contributed by atoms with Gasteiger partial charge in [0.2, 0.25) is 6.43 Å². The number of hydrazine groups is 3. The maximum absolute atomic E-state index is 13.4. The van der Waals surface area contributed by atoms with E-state index in [1.54, 1.807) is 0 Å². The van der Waals surface area contributed by atoms with Gasteiger partial charge in [0.05, 0.1) is 12.1 Å². The van der Waals surface area contributed by atoms with Crippen LogP contribution in [0.15, 0.2) is 0 Å². The van der Waals surface area contributed by atoms with Gasteiger partial charge >= 0.3 is 0 Å². The van der Waals surface area contributed by atoms with Crippen LogP contribution in [0, 0.1) is 29.1 Å². The van der Waals surface area contributed by atoms with Crippen LogP contribution in [-0.2, 0) is 4.79 Å². The third-order valence-electron chi connectivity index (χ3n) is 6.92. The second kappa shape index (κ2) is 8.55. The van der Waals surface area contributed by atoms with Crippen molar-refractivity contribution in [2.75, 3.05) is 26.2 Å². The Balaban J connectivity index is 1.36. The van der Waals surface area contributed by atoms with Crippen LogP contribution in [-0.4, -0.2) is 66.5 Å². The van der Waals surface area contributed by atoms with Crippen molar-refractivity contribution in [3.05, 3.63) is 0 Å². The molecule has 0 aromatic rings. The van der Waals surface area contributed by atoms with Crippen LogP contribution in [0.1, 0.15) is 32.1 Å². The number of likely N-dealkylation sites (tertiary alicyclic amines) is 1. The van der Waals surface area contributed by atoms with Crippen LogP contribution in [0.2, 0.25) is 0 Å². The van der Waals surface area contributed by atoms with Crippen molar-refractivity contribution < 1.29 is 13.6 Å². The van der Waals surface area contributed by atoms with Crippen LogP contribution in [0.4, 0.5) is 8.78 Å². The summed E-state index contributed by atoms with van der Waals surface area (Å²) in [6.45, 7) is 2.67. The molecule has 3 heterocycles. The fourth-order valence-corrected chi connectivity index (χ4v) is 5.36. The Hall–Kier alpha value is -1.38. The van der Waals surface area contributed by atoms with Crippen molar-refractivity contribution in [1.82, 2.24) is 31.7 Å². The summed E-state index contributed by atoms with van der Waals surface area (Å²) in [7, 11) is 0. The number of nitriles is 1. The molecule has 156 valence electrons. The Kier molecular flexibility index (Phi) is 6.08. The molecule has 0 radical (unpaired) electrons.